The molecular weight excluding hydrogens is 178 g/mol. The molecule has 0 amide bonds. The van der Waals surface area contributed by atoms with E-state index in [1.165, 1.54) is 0 Å². The number of ether oxygens (including phenoxy) is 1. The number of carbonyl (C=O) groups excluding carboxylic acids is 1. The molecule has 74 valence electrons. The van der Waals surface area contributed by atoms with E-state index in [0.717, 1.165) is 18.7 Å². The van der Waals surface area contributed by atoms with E-state index in [9.17, 15) is 4.79 Å². The molecule has 1 heterocycles. The highest BCUT2D eigenvalue weighted by Gasteiger charge is 2.21. The van der Waals surface area contributed by atoms with Crippen molar-refractivity contribution in [2.24, 2.45) is 0 Å². The molecule has 1 aromatic carbocycles. The Balaban J connectivity index is 2.02. The van der Waals surface area contributed by atoms with Gasteiger partial charge in [-0.15, -0.1) is 0 Å². The highest BCUT2D eigenvalue weighted by molar-refractivity contribution is 5.89. The van der Waals surface area contributed by atoms with Gasteiger partial charge in [-0.05, 0) is 19.1 Å². The number of hydrogen-bond acceptors (Lipinski definition) is 3. The summed E-state index contributed by atoms with van der Waals surface area (Å²) in [7, 11) is 0. The van der Waals surface area contributed by atoms with E-state index >= 15 is 0 Å². The Hall–Kier alpha value is -1.35. The Kier molecular flexibility index (Phi) is 2.50. The molecule has 1 fully saturated rings. The van der Waals surface area contributed by atoms with Gasteiger partial charge in [0.05, 0.1) is 5.56 Å². The van der Waals surface area contributed by atoms with Gasteiger partial charge in [0.2, 0.25) is 0 Å². The van der Waals surface area contributed by atoms with Crippen LogP contribution in [-0.2, 0) is 4.74 Å². The van der Waals surface area contributed by atoms with Crippen LogP contribution >= 0.6 is 0 Å². The number of aryl methyl sites for hydroxylation is 1. The van der Waals surface area contributed by atoms with Crippen LogP contribution in [0.25, 0.3) is 0 Å². The summed E-state index contributed by atoms with van der Waals surface area (Å²) >= 11 is 0. The predicted octanol–water partition coefficient (Wildman–Crippen LogP) is 1.12. The van der Waals surface area contributed by atoms with Crippen molar-refractivity contribution in [3.63, 3.8) is 0 Å². The average Bonchev–Trinajstić information content (AvgIpc) is 2.11. The van der Waals surface area contributed by atoms with Crippen LogP contribution in [0.5, 0.6) is 0 Å². The second-order valence-electron chi connectivity index (χ2n) is 3.56. The third-order valence-electron chi connectivity index (χ3n) is 2.27. The monoisotopic (exact) mass is 191 g/mol. The van der Waals surface area contributed by atoms with Crippen molar-refractivity contribution < 1.29 is 9.53 Å². The zero-order valence-corrected chi connectivity index (χ0v) is 8.12. The number of rotatable bonds is 2. The minimum absolute atomic E-state index is 0.0583. The molecule has 0 spiro atoms. The molecule has 1 aromatic rings. The van der Waals surface area contributed by atoms with Gasteiger partial charge in [-0.25, -0.2) is 4.79 Å². The molecule has 1 saturated heterocycles. The van der Waals surface area contributed by atoms with Gasteiger partial charge >= 0.3 is 5.97 Å². The van der Waals surface area contributed by atoms with Gasteiger partial charge in [0.1, 0.15) is 6.10 Å². The molecule has 3 heteroatoms. The normalized spacial score (nSPS) is 16.1. The maximum absolute atomic E-state index is 11.6. The first-order chi connectivity index (χ1) is 6.75. The lowest BCUT2D eigenvalue weighted by Gasteiger charge is -2.26. The lowest BCUT2D eigenvalue weighted by atomic mass is 10.1. The van der Waals surface area contributed by atoms with Crippen molar-refractivity contribution in [2.75, 3.05) is 13.1 Å². The number of nitrogens with one attached hydrogen (secondary N) is 1. The van der Waals surface area contributed by atoms with Gasteiger partial charge in [-0.2, -0.15) is 0 Å². The van der Waals surface area contributed by atoms with E-state index < -0.39 is 0 Å². The maximum atomic E-state index is 11.6. The third-order valence-corrected chi connectivity index (χ3v) is 2.27. The van der Waals surface area contributed by atoms with Crippen LogP contribution in [0.1, 0.15) is 15.9 Å². The van der Waals surface area contributed by atoms with Crippen LogP contribution in [0.3, 0.4) is 0 Å². The fraction of sp³-hybridized carbons (Fsp3) is 0.364. The Morgan fingerprint density at radius 3 is 2.86 bits per heavy atom. The molecule has 1 N–H and O–H groups in total. The second kappa shape index (κ2) is 3.80. The van der Waals surface area contributed by atoms with Gasteiger partial charge in [-0.1, -0.05) is 17.7 Å². The second-order valence-corrected chi connectivity index (χ2v) is 3.56. The smallest absolute Gasteiger partial charge is 0.338 e. The molecule has 0 unspecified atom stereocenters. The van der Waals surface area contributed by atoms with Crippen LogP contribution in [-0.4, -0.2) is 25.2 Å². The molecular formula is C11H13NO2. The highest BCUT2D eigenvalue weighted by atomic mass is 16.5. The molecule has 1 aliphatic rings. The molecule has 14 heavy (non-hydrogen) atoms. The summed E-state index contributed by atoms with van der Waals surface area (Å²) < 4.78 is 5.23. The number of hydrogen-bond donors (Lipinski definition) is 1. The molecule has 0 radical (unpaired) electrons. The SMILES string of the molecule is Cc1cccc(C(=O)OC2CNC2)c1. The lowest BCUT2D eigenvalue weighted by molar-refractivity contribution is 0.0169. The van der Waals surface area contributed by atoms with Crippen LogP contribution in [0.4, 0.5) is 0 Å². The molecule has 2 rings (SSSR count). The predicted molar refractivity (Wildman–Crippen MR) is 53.3 cm³/mol. The summed E-state index contributed by atoms with van der Waals surface area (Å²) in [5, 5.41) is 3.05. The summed E-state index contributed by atoms with van der Waals surface area (Å²) in [6.07, 6.45) is 0.0583. The first kappa shape index (κ1) is 9.21. The van der Waals surface area contributed by atoms with E-state index in [2.05, 4.69) is 5.32 Å². The molecule has 3 nitrogen and oxygen atoms in total. The fourth-order valence-corrected chi connectivity index (χ4v) is 1.34. The third kappa shape index (κ3) is 1.93. The summed E-state index contributed by atoms with van der Waals surface area (Å²) in [6.45, 7) is 3.51. The fourth-order valence-electron chi connectivity index (χ4n) is 1.34. The van der Waals surface area contributed by atoms with Crippen molar-refractivity contribution in [2.45, 2.75) is 13.0 Å². The first-order valence-electron chi connectivity index (χ1n) is 4.74. The van der Waals surface area contributed by atoms with Gasteiger partial charge in [0.25, 0.3) is 0 Å². The first-order valence-corrected chi connectivity index (χ1v) is 4.74. The minimum atomic E-state index is -0.222. The van der Waals surface area contributed by atoms with Crippen molar-refractivity contribution in [3.05, 3.63) is 35.4 Å². The Morgan fingerprint density at radius 1 is 1.50 bits per heavy atom. The van der Waals surface area contributed by atoms with Crippen LogP contribution in [0, 0.1) is 6.92 Å². The average molecular weight is 191 g/mol. The summed E-state index contributed by atoms with van der Waals surface area (Å²) in [6, 6.07) is 7.45. The van der Waals surface area contributed by atoms with Gasteiger partial charge in [-0.3, -0.25) is 0 Å². The van der Waals surface area contributed by atoms with E-state index in [1.807, 2.05) is 25.1 Å². The molecule has 0 aliphatic carbocycles. The van der Waals surface area contributed by atoms with Crippen molar-refractivity contribution in [3.8, 4) is 0 Å². The summed E-state index contributed by atoms with van der Waals surface area (Å²) in [4.78, 5) is 11.6. The van der Waals surface area contributed by atoms with Crippen molar-refractivity contribution in [1.82, 2.24) is 5.32 Å². The van der Waals surface area contributed by atoms with E-state index in [4.69, 9.17) is 4.74 Å². The van der Waals surface area contributed by atoms with E-state index in [1.54, 1.807) is 6.07 Å². The standard InChI is InChI=1S/C11H13NO2/c1-8-3-2-4-9(5-8)11(13)14-10-6-12-7-10/h2-5,10,12H,6-7H2,1H3. The topological polar surface area (TPSA) is 38.3 Å². The molecule has 0 bridgehead atoms. The van der Waals surface area contributed by atoms with Gasteiger partial charge in [0.15, 0.2) is 0 Å². The molecule has 0 atom stereocenters. The zero-order valence-electron chi connectivity index (χ0n) is 8.12. The largest absolute Gasteiger partial charge is 0.456 e. The zero-order chi connectivity index (χ0) is 9.97. The maximum Gasteiger partial charge on any atom is 0.338 e. The Labute approximate surface area is 83.1 Å². The number of carbonyl (C=O) groups is 1. The summed E-state index contributed by atoms with van der Waals surface area (Å²) in [5.74, 6) is -0.222. The molecule has 0 aromatic heterocycles. The Morgan fingerprint density at radius 2 is 2.29 bits per heavy atom. The van der Waals surface area contributed by atoms with Gasteiger partial charge in [0, 0.05) is 13.1 Å². The van der Waals surface area contributed by atoms with Crippen molar-refractivity contribution >= 4 is 5.97 Å². The highest BCUT2D eigenvalue weighted by Crippen LogP contribution is 2.08. The number of benzene rings is 1. The van der Waals surface area contributed by atoms with Gasteiger partial charge < -0.3 is 10.1 Å². The lowest BCUT2D eigenvalue weighted by Crippen LogP contribution is -2.49. The molecule has 1 aliphatic heterocycles. The Bertz CT molecular complexity index is 345. The van der Waals surface area contributed by atoms with E-state index in [0.29, 0.717) is 5.56 Å². The molecule has 0 saturated carbocycles. The number of esters is 1. The quantitative estimate of drug-likeness (QED) is 0.712. The van der Waals surface area contributed by atoms with Crippen LogP contribution < -0.4 is 5.32 Å². The van der Waals surface area contributed by atoms with Crippen LogP contribution in [0.15, 0.2) is 24.3 Å². The van der Waals surface area contributed by atoms with Crippen molar-refractivity contribution in [1.29, 1.82) is 0 Å². The van der Waals surface area contributed by atoms with Crippen LogP contribution in [0.2, 0.25) is 0 Å². The minimum Gasteiger partial charge on any atom is -0.456 e. The van der Waals surface area contributed by atoms with E-state index in [-0.39, 0.29) is 12.1 Å². The summed E-state index contributed by atoms with van der Waals surface area (Å²) in [5.41, 5.74) is 1.71.